The highest BCUT2D eigenvalue weighted by Crippen LogP contribution is 2.41. The summed E-state index contributed by atoms with van der Waals surface area (Å²) >= 11 is 12.3. The summed E-state index contributed by atoms with van der Waals surface area (Å²) in [7, 11) is 0. The number of hydrogen-bond acceptors (Lipinski definition) is 2. The van der Waals surface area contributed by atoms with Crippen molar-refractivity contribution < 1.29 is 10.2 Å². The van der Waals surface area contributed by atoms with Crippen molar-refractivity contribution >= 4 is 23.2 Å². The topological polar surface area (TPSA) is 40.5 Å². The lowest BCUT2D eigenvalue weighted by Crippen LogP contribution is -2.25. The molecule has 0 unspecified atom stereocenters. The molecule has 0 aliphatic heterocycles. The fraction of sp³-hybridized carbons (Fsp3) is 0.100. The van der Waals surface area contributed by atoms with Crippen LogP contribution in [-0.4, -0.2) is 10.2 Å². The summed E-state index contributed by atoms with van der Waals surface area (Å²) in [6.07, 6.45) is 0. The summed E-state index contributed by atoms with van der Waals surface area (Å²) in [5.74, 6) is 0.418. The minimum atomic E-state index is -0.518. The fourth-order valence-electron chi connectivity index (χ4n) is 2.90. The van der Waals surface area contributed by atoms with E-state index < -0.39 is 5.41 Å². The van der Waals surface area contributed by atoms with Crippen molar-refractivity contribution in [2.45, 2.75) is 12.3 Å². The molecule has 0 radical (unpaired) electrons. The molecule has 4 heteroatoms. The molecular formula is C20H16Cl2O2. The van der Waals surface area contributed by atoms with Gasteiger partial charge in [-0.25, -0.2) is 0 Å². The number of phenols is 2. The summed E-state index contributed by atoms with van der Waals surface area (Å²) < 4.78 is 0. The lowest BCUT2D eigenvalue weighted by Gasteiger charge is -2.32. The molecule has 2 N–H and O–H groups in total. The van der Waals surface area contributed by atoms with Gasteiger partial charge in [0.15, 0.2) is 0 Å². The molecule has 2 nitrogen and oxygen atoms in total. The molecule has 0 bridgehead atoms. The SMILES string of the molecule is CC(c1ccc(O)cc1)(c1ccc(O)cc1)c1ccc(Cl)c(Cl)c1. The summed E-state index contributed by atoms with van der Waals surface area (Å²) in [5, 5.41) is 20.2. The van der Waals surface area contributed by atoms with Crippen LogP contribution in [0.3, 0.4) is 0 Å². The van der Waals surface area contributed by atoms with E-state index in [1.54, 1.807) is 30.3 Å². The van der Waals surface area contributed by atoms with Gasteiger partial charge >= 0.3 is 0 Å². The molecule has 3 aromatic rings. The van der Waals surface area contributed by atoms with Crippen LogP contribution in [0.15, 0.2) is 66.7 Å². The van der Waals surface area contributed by atoms with E-state index >= 15 is 0 Å². The standard InChI is InChI=1S/C20H16Cl2O2/c1-20(13-2-7-16(23)8-3-13,14-4-9-17(24)10-5-14)15-6-11-18(21)19(22)12-15/h2-12,23-24H,1H3. The molecule has 0 amide bonds. The van der Waals surface area contributed by atoms with Gasteiger partial charge in [-0.3, -0.25) is 0 Å². The number of phenolic OH excluding ortho intramolecular Hbond substituents is 2. The Morgan fingerprint density at radius 3 is 1.46 bits per heavy atom. The first kappa shape index (κ1) is 16.7. The average Bonchev–Trinajstić information content (AvgIpc) is 2.58. The molecule has 0 saturated carbocycles. The van der Waals surface area contributed by atoms with E-state index in [2.05, 4.69) is 6.92 Å². The third-order valence-electron chi connectivity index (χ3n) is 4.39. The third-order valence-corrected chi connectivity index (χ3v) is 5.13. The Kier molecular flexibility index (Phi) is 4.44. The minimum absolute atomic E-state index is 0.209. The molecule has 0 saturated heterocycles. The summed E-state index contributed by atoms with van der Waals surface area (Å²) in [6.45, 7) is 2.07. The maximum Gasteiger partial charge on any atom is 0.115 e. The predicted octanol–water partition coefficient (Wildman–Crippen LogP) is 5.76. The Hall–Kier alpha value is -2.16. The van der Waals surface area contributed by atoms with Crippen molar-refractivity contribution in [1.29, 1.82) is 0 Å². The molecule has 0 spiro atoms. The van der Waals surface area contributed by atoms with Crippen molar-refractivity contribution in [2.75, 3.05) is 0 Å². The highest BCUT2D eigenvalue weighted by atomic mass is 35.5. The van der Waals surface area contributed by atoms with Crippen LogP contribution in [0.2, 0.25) is 10.0 Å². The molecule has 0 heterocycles. The second-order valence-corrected chi connectivity index (χ2v) is 6.66. The molecular weight excluding hydrogens is 343 g/mol. The first-order chi connectivity index (χ1) is 11.4. The van der Waals surface area contributed by atoms with Crippen LogP contribution in [-0.2, 0) is 5.41 Å². The second-order valence-electron chi connectivity index (χ2n) is 5.85. The second kappa shape index (κ2) is 6.39. The number of rotatable bonds is 3. The van der Waals surface area contributed by atoms with Crippen LogP contribution in [0.5, 0.6) is 11.5 Å². The number of halogens is 2. The molecule has 122 valence electrons. The van der Waals surface area contributed by atoms with Gasteiger partial charge in [0.05, 0.1) is 10.0 Å². The van der Waals surface area contributed by atoms with Gasteiger partial charge in [0.2, 0.25) is 0 Å². The summed E-state index contributed by atoms with van der Waals surface area (Å²) in [4.78, 5) is 0. The van der Waals surface area contributed by atoms with Crippen LogP contribution >= 0.6 is 23.2 Å². The molecule has 0 aromatic heterocycles. The van der Waals surface area contributed by atoms with Gasteiger partial charge in [0.1, 0.15) is 11.5 Å². The van der Waals surface area contributed by atoms with Crippen molar-refractivity contribution in [3.8, 4) is 11.5 Å². The highest BCUT2D eigenvalue weighted by molar-refractivity contribution is 6.42. The molecule has 0 aliphatic rings. The first-order valence-electron chi connectivity index (χ1n) is 7.46. The monoisotopic (exact) mass is 358 g/mol. The number of aromatic hydroxyl groups is 2. The van der Waals surface area contributed by atoms with Crippen molar-refractivity contribution in [1.82, 2.24) is 0 Å². The van der Waals surface area contributed by atoms with Gasteiger partial charge in [-0.05, 0) is 60.0 Å². The number of hydrogen-bond donors (Lipinski definition) is 2. The third kappa shape index (κ3) is 2.95. The van der Waals surface area contributed by atoms with E-state index in [0.29, 0.717) is 10.0 Å². The fourth-order valence-corrected chi connectivity index (χ4v) is 3.19. The van der Waals surface area contributed by atoms with Crippen molar-refractivity contribution in [3.63, 3.8) is 0 Å². The Morgan fingerprint density at radius 2 is 1.04 bits per heavy atom. The van der Waals surface area contributed by atoms with Crippen molar-refractivity contribution in [3.05, 3.63) is 93.5 Å². The van der Waals surface area contributed by atoms with E-state index in [-0.39, 0.29) is 11.5 Å². The first-order valence-corrected chi connectivity index (χ1v) is 8.21. The highest BCUT2D eigenvalue weighted by Gasteiger charge is 2.31. The Labute approximate surface area is 150 Å². The van der Waals surface area contributed by atoms with E-state index in [1.807, 2.05) is 36.4 Å². The largest absolute Gasteiger partial charge is 0.508 e. The minimum Gasteiger partial charge on any atom is -0.508 e. The Balaban J connectivity index is 2.25. The lowest BCUT2D eigenvalue weighted by atomic mass is 9.71. The molecule has 3 aromatic carbocycles. The molecule has 0 aliphatic carbocycles. The van der Waals surface area contributed by atoms with Crippen LogP contribution in [0.1, 0.15) is 23.6 Å². The lowest BCUT2D eigenvalue weighted by molar-refractivity contribution is 0.474. The number of benzene rings is 3. The molecule has 0 atom stereocenters. The van der Waals surface area contributed by atoms with Gasteiger partial charge in [0, 0.05) is 5.41 Å². The molecule has 0 fully saturated rings. The normalized spacial score (nSPS) is 11.5. The van der Waals surface area contributed by atoms with Gasteiger partial charge in [-0.15, -0.1) is 0 Å². The van der Waals surface area contributed by atoms with Gasteiger partial charge in [0.25, 0.3) is 0 Å². The Bertz CT molecular complexity index is 810. The molecule has 3 rings (SSSR count). The maximum absolute atomic E-state index is 9.61. The van der Waals surface area contributed by atoms with E-state index in [1.165, 1.54) is 0 Å². The van der Waals surface area contributed by atoms with Crippen LogP contribution in [0.25, 0.3) is 0 Å². The van der Waals surface area contributed by atoms with E-state index in [4.69, 9.17) is 23.2 Å². The van der Waals surface area contributed by atoms with Crippen molar-refractivity contribution in [2.24, 2.45) is 0 Å². The zero-order valence-corrected chi connectivity index (χ0v) is 14.5. The van der Waals surface area contributed by atoms with Crippen LogP contribution < -0.4 is 0 Å². The zero-order valence-electron chi connectivity index (χ0n) is 13.0. The van der Waals surface area contributed by atoms with Gasteiger partial charge < -0.3 is 10.2 Å². The maximum atomic E-state index is 9.61. The Morgan fingerprint density at radius 1 is 0.625 bits per heavy atom. The van der Waals surface area contributed by atoms with E-state index in [9.17, 15) is 10.2 Å². The zero-order chi connectivity index (χ0) is 17.3. The van der Waals surface area contributed by atoms with Gasteiger partial charge in [-0.2, -0.15) is 0 Å². The van der Waals surface area contributed by atoms with Gasteiger partial charge in [-0.1, -0.05) is 53.5 Å². The van der Waals surface area contributed by atoms with Crippen LogP contribution in [0.4, 0.5) is 0 Å². The summed E-state index contributed by atoms with van der Waals surface area (Å²) in [5.41, 5.74) is 2.43. The summed E-state index contributed by atoms with van der Waals surface area (Å²) in [6, 6.07) is 19.7. The van der Waals surface area contributed by atoms with E-state index in [0.717, 1.165) is 16.7 Å². The van der Waals surface area contributed by atoms with Crippen LogP contribution in [0, 0.1) is 0 Å². The quantitative estimate of drug-likeness (QED) is 0.584. The predicted molar refractivity (Wildman–Crippen MR) is 98.2 cm³/mol. The molecule has 24 heavy (non-hydrogen) atoms. The average molecular weight is 359 g/mol. The smallest absolute Gasteiger partial charge is 0.115 e.